The summed E-state index contributed by atoms with van der Waals surface area (Å²) in [6.45, 7) is 2.03. The van der Waals surface area contributed by atoms with E-state index in [1.807, 2.05) is 6.92 Å². The molecule has 0 bridgehead atoms. The molecular weight excluding hydrogens is 296 g/mol. The summed E-state index contributed by atoms with van der Waals surface area (Å²) in [5.74, 6) is -0.447. The van der Waals surface area contributed by atoms with Gasteiger partial charge in [0.2, 0.25) is 0 Å². The zero-order valence-corrected chi connectivity index (χ0v) is 12.3. The minimum atomic E-state index is -0.481. The van der Waals surface area contributed by atoms with Gasteiger partial charge in [-0.1, -0.05) is 17.7 Å². The molecule has 0 saturated carbocycles. The minimum Gasteiger partial charge on any atom is -0.489 e. The molecule has 2 aromatic carbocycles. The van der Waals surface area contributed by atoms with Crippen LogP contribution in [0.3, 0.4) is 0 Å². The van der Waals surface area contributed by atoms with E-state index in [9.17, 15) is 8.78 Å². The molecule has 5 heteroatoms. The Morgan fingerprint density at radius 2 is 1.90 bits per heavy atom. The summed E-state index contributed by atoms with van der Waals surface area (Å²) in [4.78, 5) is 0. The fourth-order valence-electron chi connectivity index (χ4n) is 1.99. The van der Waals surface area contributed by atoms with E-state index in [0.29, 0.717) is 17.7 Å². The number of rotatable bonds is 5. The fourth-order valence-corrected chi connectivity index (χ4v) is 2.19. The zero-order valence-electron chi connectivity index (χ0n) is 11.6. The van der Waals surface area contributed by atoms with Crippen LogP contribution in [0.15, 0.2) is 36.4 Å². The lowest BCUT2D eigenvalue weighted by Crippen LogP contribution is -2.17. The van der Waals surface area contributed by atoms with Gasteiger partial charge in [0.25, 0.3) is 0 Å². The predicted molar refractivity (Wildman–Crippen MR) is 79.5 cm³/mol. The van der Waals surface area contributed by atoms with Crippen LogP contribution in [0, 0.1) is 11.6 Å². The summed E-state index contributed by atoms with van der Waals surface area (Å²) in [6, 6.07) is 8.75. The second-order valence-corrected chi connectivity index (χ2v) is 5.42. The number of benzene rings is 2. The highest BCUT2D eigenvalue weighted by Gasteiger charge is 2.06. The lowest BCUT2D eigenvalue weighted by Gasteiger charge is -2.10. The fraction of sp³-hybridized carbons (Fsp3) is 0.250. The van der Waals surface area contributed by atoms with E-state index >= 15 is 0 Å². The minimum absolute atomic E-state index is 0.0352. The quantitative estimate of drug-likeness (QED) is 0.902. The number of ether oxygens (including phenoxy) is 1. The van der Waals surface area contributed by atoms with Crippen LogP contribution in [0.4, 0.5) is 8.78 Å². The molecular formula is C16H16ClF2NO. The number of hydrogen-bond acceptors (Lipinski definition) is 2. The molecule has 2 N–H and O–H groups in total. The van der Waals surface area contributed by atoms with Crippen molar-refractivity contribution in [2.45, 2.75) is 26.0 Å². The molecule has 0 saturated heterocycles. The van der Waals surface area contributed by atoms with Crippen LogP contribution in [-0.2, 0) is 13.0 Å². The van der Waals surface area contributed by atoms with Gasteiger partial charge in [0.05, 0.1) is 5.02 Å². The van der Waals surface area contributed by atoms with Crippen LogP contribution in [-0.4, -0.2) is 6.04 Å². The van der Waals surface area contributed by atoms with Gasteiger partial charge in [-0.2, -0.15) is 0 Å². The van der Waals surface area contributed by atoms with Gasteiger partial charge in [-0.3, -0.25) is 0 Å². The molecule has 2 nitrogen and oxygen atoms in total. The maximum atomic E-state index is 13.5. The number of nitrogens with two attached hydrogens (primary N) is 1. The Labute approximate surface area is 127 Å². The Kier molecular flexibility index (Phi) is 5.15. The zero-order chi connectivity index (χ0) is 15.4. The van der Waals surface area contributed by atoms with E-state index in [4.69, 9.17) is 22.1 Å². The first-order valence-electron chi connectivity index (χ1n) is 6.56. The van der Waals surface area contributed by atoms with Gasteiger partial charge in [0.15, 0.2) is 0 Å². The number of hydrogen-bond donors (Lipinski definition) is 1. The topological polar surface area (TPSA) is 35.2 Å². The van der Waals surface area contributed by atoms with E-state index in [1.54, 1.807) is 12.1 Å². The standard InChI is InChI=1S/C16H16ClF2NO/c1-10(20)4-12-5-13(18)8-14(6-12)21-9-11-2-3-16(19)15(17)7-11/h2-3,5-8,10H,4,9,20H2,1H3. The van der Waals surface area contributed by atoms with Crippen LogP contribution in [0.1, 0.15) is 18.1 Å². The maximum absolute atomic E-state index is 13.5. The van der Waals surface area contributed by atoms with Crippen molar-refractivity contribution in [3.05, 3.63) is 64.2 Å². The molecule has 0 fully saturated rings. The first-order valence-corrected chi connectivity index (χ1v) is 6.93. The average Bonchev–Trinajstić information content (AvgIpc) is 2.39. The second kappa shape index (κ2) is 6.87. The summed E-state index contributed by atoms with van der Waals surface area (Å²) in [7, 11) is 0. The average molecular weight is 312 g/mol. The Bertz CT molecular complexity index is 632. The van der Waals surface area contributed by atoms with Crippen molar-refractivity contribution in [2.75, 3.05) is 0 Å². The van der Waals surface area contributed by atoms with E-state index in [2.05, 4.69) is 0 Å². The van der Waals surface area contributed by atoms with Crippen molar-refractivity contribution < 1.29 is 13.5 Å². The van der Waals surface area contributed by atoms with Crippen LogP contribution < -0.4 is 10.5 Å². The molecule has 0 radical (unpaired) electrons. The predicted octanol–water partition coefficient (Wildman–Crippen LogP) is 4.09. The van der Waals surface area contributed by atoms with Crippen LogP contribution >= 0.6 is 11.6 Å². The number of halogens is 3. The normalized spacial score (nSPS) is 12.2. The van der Waals surface area contributed by atoms with Crippen molar-refractivity contribution in [3.8, 4) is 5.75 Å². The van der Waals surface area contributed by atoms with Crippen molar-refractivity contribution in [1.82, 2.24) is 0 Å². The lowest BCUT2D eigenvalue weighted by molar-refractivity contribution is 0.304. The Morgan fingerprint density at radius 3 is 2.57 bits per heavy atom. The molecule has 0 aliphatic carbocycles. The van der Waals surface area contributed by atoms with Crippen molar-refractivity contribution in [1.29, 1.82) is 0 Å². The lowest BCUT2D eigenvalue weighted by atomic mass is 10.1. The Hall–Kier alpha value is -1.65. The monoisotopic (exact) mass is 311 g/mol. The van der Waals surface area contributed by atoms with Crippen LogP contribution in [0.5, 0.6) is 5.75 Å². The molecule has 21 heavy (non-hydrogen) atoms. The van der Waals surface area contributed by atoms with E-state index in [1.165, 1.54) is 24.3 Å². The SMILES string of the molecule is CC(N)Cc1cc(F)cc(OCc2ccc(F)c(Cl)c2)c1. The molecule has 1 atom stereocenters. The highest BCUT2D eigenvalue weighted by molar-refractivity contribution is 6.30. The van der Waals surface area contributed by atoms with Gasteiger partial charge in [-0.25, -0.2) is 8.78 Å². The molecule has 2 rings (SSSR count). The molecule has 0 aliphatic rings. The van der Waals surface area contributed by atoms with Gasteiger partial charge >= 0.3 is 0 Å². The maximum Gasteiger partial charge on any atom is 0.141 e. The van der Waals surface area contributed by atoms with Gasteiger partial charge < -0.3 is 10.5 Å². The largest absolute Gasteiger partial charge is 0.489 e. The molecule has 1 unspecified atom stereocenters. The Morgan fingerprint density at radius 1 is 1.14 bits per heavy atom. The smallest absolute Gasteiger partial charge is 0.141 e. The van der Waals surface area contributed by atoms with Crippen molar-refractivity contribution in [2.24, 2.45) is 5.73 Å². The molecule has 0 aromatic heterocycles. The molecule has 0 spiro atoms. The first-order chi connectivity index (χ1) is 9.94. The van der Waals surface area contributed by atoms with E-state index in [0.717, 1.165) is 5.56 Å². The summed E-state index contributed by atoms with van der Waals surface area (Å²) >= 11 is 5.70. The Balaban J connectivity index is 2.08. The van der Waals surface area contributed by atoms with Gasteiger partial charge in [0, 0.05) is 12.1 Å². The van der Waals surface area contributed by atoms with Gasteiger partial charge in [-0.15, -0.1) is 0 Å². The third-order valence-electron chi connectivity index (χ3n) is 2.88. The van der Waals surface area contributed by atoms with Crippen molar-refractivity contribution >= 4 is 11.6 Å². The van der Waals surface area contributed by atoms with Crippen LogP contribution in [0.25, 0.3) is 0 Å². The highest BCUT2D eigenvalue weighted by atomic mass is 35.5. The van der Waals surface area contributed by atoms with E-state index in [-0.39, 0.29) is 23.5 Å². The second-order valence-electron chi connectivity index (χ2n) is 5.01. The van der Waals surface area contributed by atoms with E-state index < -0.39 is 5.82 Å². The summed E-state index contributed by atoms with van der Waals surface area (Å²) in [6.07, 6.45) is 0.566. The van der Waals surface area contributed by atoms with Gasteiger partial charge in [-0.05, 0) is 48.7 Å². The third-order valence-corrected chi connectivity index (χ3v) is 3.17. The summed E-state index contributed by atoms with van der Waals surface area (Å²) in [5.41, 5.74) is 7.19. The summed E-state index contributed by atoms with van der Waals surface area (Å²) in [5, 5.41) is 0.0352. The molecule has 0 heterocycles. The van der Waals surface area contributed by atoms with Gasteiger partial charge in [0.1, 0.15) is 24.0 Å². The van der Waals surface area contributed by atoms with Crippen molar-refractivity contribution in [3.63, 3.8) is 0 Å². The summed E-state index contributed by atoms with van der Waals surface area (Å²) < 4.78 is 32.1. The molecule has 2 aromatic rings. The molecule has 0 aliphatic heterocycles. The van der Waals surface area contributed by atoms with Crippen LogP contribution in [0.2, 0.25) is 5.02 Å². The third kappa shape index (κ3) is 4.69. The highest BCUT2D eigenvalue weighted by Crippen LogP contribution is 2.21. The molecule has 112 valence electrons. The molecule has 0 amide bonds. The first kappa shape index (κ1) is 15.7.